The average molecular weight is 543 g/mol. The Morgan fingerprint density at radius 1 is 1.00 bits per heavy atom. The van der Waals surface area contributed by atoms with E-state index in [4.69, 9.17) is 10.9 Å². The molecule has 0 saturated heterocycles. The SMILES string of the molecule is NCCCCn1c(-c2ccccc2)cc2ccc(C(=O)c3cc(CC(=O)NO)c(-c4ccc(F)nc4)s3)cc21. The van der Waals surface area contributed by atoms with E-state index < -0.39 is 11.9 Å². The molecule has 0 fully saturated rings. The first-order valence-corrected chi connectivity index (χ1v) is 13.4. The number of rotatable bonds is 10. The number of amides is 1. The second-order valence-corrected chi connectivity index (χ2v) is 10.2. The molecule has 5 aromatic rings. The van der Waals surface area contributed by atoms with Gasteiger partial charge in [0.2, 0.25) is 17.6 Å². The van der Waals surface area contributed by atoms with Gasteiger partial charge in [0.05, 0.1) is 11.3 Å². The van der Waals surface area contributed by atoms with Crippen LogP contribution >= 0.6 is 11.3 Å². The largest absolute Gasteiger partial charge is 0.340 e. The number of hydrogen-bond donors (Lipinski definition) is 3. The van der Waals surface area contributed by atoms with Crippen LogP contribution in [0.15, 0.2) is 79.0 Å². The van der Waals surface area contributed by atoms with Gasteiger partial charge in [-0.3, -0.25) is 14.8 Å². The van der Waals surface area contributed by atoms with Crippen molar-refractivity contribution < 1.29 is 19.2 Å². The molecule has 5 rings (SSSR count). The van der Waals surface area contributed by atoms with Crippen molar-refractivity contribution >= 4 is 33.9 Å². The van der Waals surface area contributed by atoms with Crippen molar-refractivity contribution in [1.82, 2.24) is 15.0 Å². The van der Waals surface area contributed by atoms with Crippen molar-refractivity contribution in [2.24, 2.45) is 5.73 Å². The maximum absolute atomic E-state index is 13.7. The Morgan fingerprint density at radius 2 is 1.82 bits per heavy atom. The highest BCUT2D eigenvalue weighted by atomic mass is 32.1. The van der Waals surface area contributed by atoms with Crippen molar-refractivity contribution in [3.63, 3.8) is 0 Å². The minimum atomic E-state index is -0.626. The molecule has 7 nitrogen and oxygen atoms in total. The van der Waals surface area contributed by atoms with Crippen LogP contribution in [0, 0.1) is 5.95 Å². The van der Waals surface area contributed by atoms with Crippen molar-refractivity contribution in [2.45, 2.75) is 25.8 Å². The summed E-state index contributed by atoms with van der Waals surface area (Å²) in [6, 6.07) is 22.4. The van der Waals surface area contributed by atoms with Gasteiger partial charge in [0.15, 0.2) is 0 Å². The van der Waals surface area contributed by atoms with Gasteiger partial charge in [0.25, 0.3) is 0 Å². The molecule has 39 heavy (non-hydrogen) atoms. The number of nitrogens with one attached hydrogen (secondary N) is 1. The highest BCUT2D eigenvalue weighted by Gasteiger charge is 2.21. The van der Waals surface area contributed by atoms with Crippen molar-refractivity contribution in [2.75, 3.05) is 6.54 Å². The molecule has 198 valence electrons. The fourth-order valence-corrected chi connectivity index (χ4v) is 5.81. The van der Waals surface area contributed by atoms with Crippen LogP contribution in [0.2, 0.25) is 0 Å². The van der Waals surface area contributed by atoms with Gasteiger partial charge < -0.3 is 10.3 Å². The van der Waals surface area contributed by atoms with E-state index in [9.17, 15) is 14.0 Å². The van der Waals surface area contributed by atoms with Crippen molar-refractivity contribution in [3.8, 4) is 21.7 Å². The minimum absolute atomic E-state index is 0.142. The second kappa shape index (κ2) is 11.7. The van der Waals surface area contributed by atoms with Gasteiger partial charge in [-0.2, -0.15) is 4.39 Å². The molecule has 0 spiro atoms. The van der Waals surface area contributed by atoms with Crippen LogP contribution in [0.4, 0.5) is 4.39 Å². The predicted octanol–water partition coefficient (Wildman–Crippen LogP) is 5.59. The summed E-state index contributed by atoms with van der Waals surface area (Å²) in [6.45, 7) is 1.38. The lowest BCUT2D eigenvalue weighted by atomic mass is 10.0. The lowest BCUT2D eigenvalue weighted by molar-refractivity contribution is -0.128. The summed E-state index contributed by atoms with van der Waals surface area (Å²) < 4.78 is 15.7. The second-order valence-electron chi connectivity index (χ2n) is 9.19. The zero-order valence-electron chi connectivity index (χ0n) is 21.1. The number of hydroxylamine groups is 1. The van der Waals surface area contributed by atoms with Gasteiger partial charge in [0.1, 0.15) is 0 Å². The van der Waals surface area contributed by atoms with Crippen molar-refractivity contribution in [3.05, 3.63) is 101 Å². The molecule has 9 heteroatoms. The third kappa shape index (κ3) is 5.65. The molecule has 0 aliphatic rings. The summed E-state index contributed by atoms with van der Waals surface area (Å²) in [5.41, 5.74) is 12.1. The Kier molecular flexibility index (Phi) is 7.92. The van der Waals surface area contributed by atoms with E-state index in [0.29, 0.717) is 33.0 Å². The van der Waals surface area contributed by atoms with Gasteiger partial charge in [-0.05, 0) is 60.8 Å². The molecule has 1 amide bonds. The smallest absolute Gasteiger partial charge is 0.247 e. The maximum Gasteiger partial charge on any atom is 0.247 e. The fourth-order valence-electron chi connectivity index (χ4n) is 4.68. The van der Waals surface area contributed by atoms with Crippen LogP contribution in [-0.4, -0.2) is 33.0 Å². The number of fused-ring (bicyclic) bond motifs is 1. The number of benzene rings is 2. The number of carbonyl (C=O) groups excluding carboxylic acids is 2. The summed E-state index contributed by atoms with van der Waals surface area (Å²) in [4.78, 5) is 30.4. The quantitative estimate of drug-likeness (QED) is 0.0701. The van der Waals surface area contributed by atoms with Crippen LogP contribution in [0.25, 0.3) is 32.6 Å². The Hall–Kier alpha value is -4.18. The van der Waals surface area contributed by atoms with E-state index in [2.05, 4.69) is 27.8 Å². The first kappa shape index (κ1) is 26.4. The first-order chi connectivity index (χ1) is 19.0. The number of aromatic nitrogens is 2. The van der Waals surface area contributed by atoms with Crippen LogP contribution in [-0.2, 0) is 17.8 Å². The molecule has 4 N–H and O–H groups in total. The monoisotopic (exact) mass is 542 g/mol. The standard InChI is InChI=1S/C30H27FN4O3S/c31-27-11-10-22(18-33-27)30-23(17-28(36)34-38)16-26(39-30)29(37)21-9-8-20-14-24(19-6-2-1-3-7-19)35(25(20)15-21)13-5-4-12-32/h1-3,6-11,14-16,18,38H,4-5,12-13,17,32H2,(H,34,36). The Bertz CT molecular complexity index is 1630. The zero-order valence-corrected chi connectivity index (χ0v) is 21.9. The molecule has 0 radical (unpaired) electrons. The number of carbonyl (C=O) groups is 2. The third-order valence-electron chi connectivity index (χ3n) is 6.57. The van der Waals surface area contributed by atoms with E-state index in [0.717, 1.165) is 41.5 Å². The minimum Gasteiger partial charge on any atom is -0.340 e. The van der Waals surface area contributed by atoms with Gasteiger partial charge in [-0.1, -0.05) is 42.5 Å². The maximum atomic E-state index is 13.7. The number of nitrogens with two attached hydrogens (primary N) is 1. The Labute approximate surface area is 228 Å². The molecule has 0 aliphatic carbocycles. The molecule has 0 atom stereocenters. The summed E-state index contributed by atoms with van der Waals surface area (Å²) >= 11 is 1.21. The number of ketones is 1. The number of pyridine rings is 1. The zero-order chi connectivity index (χ0) is 27.4. The number of thiophene rings is 1. The molecule has 3 heterocycles. The van der Waals surface area contributed by atoms with E-state index in [1.807, 2.05) is 36.4 Å². The third-order valence-corrected chi connectivity index (χ3v) is 7.80. The summed E-state index contributed by atoms with van der Waals surface area (Å²) in [6.07, 6.45) is 3.03. The van der Waals surface area contributed by atoms with Crippen LogP contribution in [0.5, 0.6) is 0 Å². The molecule has 0 aliphatic heterocycles. The van der Waals surface area contributed by atoms with E-state index >= 15 is 0 Å². The van der Waals surface area contributed by atoms with Gasteiger partial charge in [-0.15, -0.1) is 11.3 Å². The van der Waals surface area contributed by atoms with Crippen molar-refractivity contribution in [1.29, 1.82) is 0 Å². The number of halogens is 1. The van der Waals surface area contributed by atoms with E-state index in [1.165, 1.54) is 23.6 Å². The predicted molar refractivity (Wildman–Crippen MR) is 150 cm³/mol. The summed E-state index contributed by atoms with van der Waals surface area (Å²) in [7, 11) is 0. The lowest BCUT2D eigenvalue weighted by Gasteiger charge is -2.11. The Balaban J connectivity index is 1.56. The number of hydrogen-bond acceptors (Lipinski definition) is 6. The van der Waals surface area contributed by atoms with Gasteiger partial charge in [-0.25, -0.2) is 10.5 Å². The molecule has 0 bridgehead atoms. The van der Waals surface area contributed by atoms with Crippen LogP contribution in [0.1, 0.15) is 33.6 Å². The number of nitrogens with zero attached hydrogens (tertiary/aromatic N) is 2. The number of aryl methyl sites for hydroxylation is 1. The van der Waals surface area contributed by atoms with E-state index in [1.54, 1.807) is 17.6 Å². The highest BCUT2D eigenvalue weighted by Crippen LogP contribution is 2.35. The summed E-state index contributed by atoms with van der Waals surface area (Å²) in [5, 5.41) is 10.1. The van der Waals surface area contributed by atoms with Gasteiger partial charge in [0, 0.05) is 45.3 Å². The molecule has 3 aromatic heterocycles. The van der Waals surface area contributed by atoms with E-state index in [-0.39, 0.29) is 12.2 Å². The lowest BCUT2D eigenvalue weighted by Crippen LogP contribution is -2.20. The fraction of sp³-hybridized carbons (Fsp3) is 0.167. The molecule has 0 saturated carbocycles. The molecule has 0 unspecified atom stereocenters. The molecular formula is C30H27FN4O3S. The highest BCUT2D eigenvalue weighted by molar-refractivity contribution is 7.17. The molecular weight excluding hydrogens is 515 g/mol. The van der Waals surface area contributed by atoms with Crippen LogP contribution in [0.3, 0.4) is 0 Å². The van der Waals surface area contributed by atoms with Gasteiger partial charge >= 0.3 is 0 Å². The summed E-state index contributed by atoms with van der Waals surface area (Å²) in [5.74, 6) is -1.43. The normalized spacial score (nSPS) is 11.2. The van der Waals surface area contributed by atoms with Crippen LogP contribution < -0.4 is 11.2 Å². The average Bonchev–Trinajstić information content (AvgIpc) is 3.55. The Morgan fingerprint density at radius 3 is 2.54 bits per heavy atom. The number of unbranched alkanes of at least 4 members (excludes halogenated alkanes) is 1. The topological polar surface area (TPSA) is 110 Å². The first-order valence-electron chi connectivity index (χ1n) is 12.6. The molecule has 2 aromatic carbocycles.